The Morgan fingerprint density at radius 3 is 2.83 bits per heavy atom. The van der Waals surface area contributed by atoms with Gasteiger partial charge in [0.15, 0.2) is 0 Å². The van der Waals surface area contributed by atoms with Crippen LogP contribution in [0.1, 0.15) is 25.8 Å². The van der Waals surface area contributed by atoms with Gasteiger partial charge in [0.2, 0.25) is 0 Å². The third-order valence-corrected chi connectivity index (χ3v) is 3.31. The molecule has 18 heavy (non-hydrogen) atoms. The maximum Gasteiger partial charge on any atom is 0.0488 e. The molecule has 0 aliphatic heterocycles. The van der Waals surface area contributed by atoms with Crippen molar-refractivity contribution in [1.29, 1.82) is 0 Å². The summed E-state index contributed by atoms with van der Waals surface area (Å²) in [6.07, 6.45) is 5.89. The number of pyridine rings is 1. The Morgan fingerprint density at radius 2 is 2.22 bits per heavy atom. The van der Waals surface area contributed by atoms with Crippen molar-refractivity contribution < 1.29 is 4.74 Å². The maximum atomic E-state index is 5.20. The van der Waals surface area contributed by atoms with E-state index in [-0.39, 0.29) is 0 Å². The van der Waals surface area contributed by atoms with Crippen molar-refractivity contribution >= 4 is 15.9 Å². The molecule has 1 N–H and O–H groups in total. The van der Waals surface area contributed by atoms with E-state index in [9.17, 15) is 0 Å². The number of hydrogen-bond acceptors (Lipinski definition) is 3. The lowest BCUT2D eigenvalue weighted by Gasteiger charge is -2.21. The van der Waals surface area contributed by atoms with Crippen LogP contribution in [0.25, 0.3) is 0 Å². The number of nitrogens with zero attached hydrogens (tertiary/aromatic N) is 1. The van der Waals surface area contributed by atoms with Gasteiger partial charge in [-0.1, -0.05) is 13.8 Å². The lowest BCUT2D eigenvalue weighted by Crippen LogP contribution is -2.33. The summed E-state index contributed by atoms with van der Waals surface area (Å²) < 4.78 is 6.25. The van der Waals surface area contributed by atoms with Gasteiger partial charge < -0.3 is 10.1 Å². The van der Waals surface area contributed by atoms with Crippen LogP contribution in [0.5, 0.6) is 0 Å². The summed E-state index contributed by atoms with van der Waals surface area (Å²) >= 11 is 3.46. The molecule has 0 aromatic carbocycles. The third kappa shape index (κ3) is 5.94. The van der Waals surface area contributed by atoms with Crippen molar-refractivity contribution in [1.82, 2.24) is 10.3 Å². The Labute approximate surface area is 118 Å². The molecule has 0 bridgehead atoms. The summed E-state index contributed by atoms with van der Waals surface area (Å²) in [5, 5.41) is 3.54. The van der Waals surface area contributed by atoms with Crippen LogP contribution in [0, 0.1) is 5.92 Å². The quantitative estimate of drug-likeness (QED) is 0.801. The molecule has 0 radical (unpaired) electrons. The number of halogens is 1. The fourth-order valence-corrected chi connectivity index (χ4v) is 2.63. The predicted molar refractivity (Wildman–Crippen MR) is 78.8 cm³/mol. The second-order valence-electron chi connectivity index (χ2n) is 4.77. The van der Waals surface area contributed by atoms with Crippen molar-refractivity contribution in [3.05, 3.63) is 28.5 Å². The highest BCUT2D eigenvalue weighted by Crippen LogP contribution is 2.15. The topological polar surface area (TPSA) is 34.2 Å². The van der Waals surface area contributed by atoms with Crippen LogP contribution in [0.4, 0.5) is 0 Å². The van der Waals surface area contributed by atoms with Crippen LogP contribution in [0.3, 0.4) is 0 Å². The molecule has 1 aromatic rings. The normalized spacial score (nSPS) is 14.4. The van der Waals surface area contributed by atoms with Crippen molar-refractivity contribution in [3.8, 4) is 0 Å². The van der Waals surface area contributed by atoms with Crippen LogP contribution in [-0.4, -0.2) is 31.3 Å². The molecule has 0 saturated heterocycles. The highest BCUT2D eigenvalue weighted by Gasteiger charge is 2.13. The fourth-order valence-electron chi connectivity index (χ4n) is 2.22. The molecular weight excluding hydrogens is 292 g/mol. The van der Waals surface area contributed by atoms with E-state index >= 15 is 0 Å². The lowest BCUT2D eigenvalue weighted by atomic mass is 9.97. The average Bonchev–Trinajstić information content (AvgIpc) is 2.29. The smallest absolute Gasteiger partial charge is 0.0488 e. The predicted octanol–water partition coefficient (Wildman–Crippen LogP) is 3.04. The van der Waals surface area contributed by atoms with E-state index < -0.39 is 0 Å². The Hall–Kier alpha value is -0.450. The van der Waals surface area contributed by atoms with Crippen LogP contribution in [0.2, 0.25) is 0 Å². The zero-order valence-electron chi connectivity index (χ0n) is 11.4. The molecule has 0 spiro atoms. The van der Waals surface area contributed by atoms with E-state index in [0.717, 1.165) is 30.5 Å². The molecule has 1 rings (SSSR count). The molecule has 1 aromatic heterocycles. The zero-order valence-corrected chi connectivity index (χ0v) is 13.0. The second-order valence-corrected chi connectivity index (χ2v) is 5.68. The summed E-state index contributed by atoms with van der Waals surface area (Å²) in [4.78, 5) is 4.21. The summed E-state index contributed by atoms with van der Waals surface area (Å²) in [6.45, 7) is 6.19. The van der Waals surface area contributed by atoms with Crippen LogP contribution in [-0.2, 0) is 11.2 Å². The van der Waals surface area contributed by atoms with Gasteiger partial charge in [0, 0.05) is 36.6 Å². The van der Waals surface area contributed by atoms with Crippen molar-refractivity contribution in [2.45, 2.75) is 32.7 Å². The van der Waals surface area contributed by atoms with E-state index in [1.54, 1.807) is 7.11 Å². The summed E-state index contributed by atoms with van der Waals surface area (Å²) in [5.41, 5.74) is 1.26. The van der Waals surface area contributed by atoms with Crippen LogP contribution >= 0.6 is 15.9 Å². The molecule has 2 atom stereocenters. The first-order chi connectivity index (χ1) is 8.65. The Bertz CT molecular complexity index is 346. The van der Waals surface area contributed by atoms with E-state index in [1.807, 2.05) is 12.4 Å². The Kier molecular flexibility index (Phi) is 7.47. The van der Waals surface area contributed by atoms with Crippen molar-refractivity contribution in [3.63, 3.8) is 0 Å². The maximum absolute atomic E-state index is 5.20. The number of aromatic nitrogens is 1. The zero-order chi connectivity index (χ0) is 13.4. The average molecular weight is 315 g/mol. The second kappa shape index (κ2) is 8.62. The number of methoxy groups -OCH3 is 1. The molecule has 0 fully saturated rings. The van der Waals surface area contributed by atoms with Gasteiger partial charge in [-0.05, 0) is 52.9 Å². The minimum atomic E-state index is 0.483. The first kappa shape index (κ1) is 15.6. The molecule has 2 unspecified atom stereocenters. The summed E-state index contributed by atoms with van der Waals surface area (Å²) in [6, 6.07) is 2.62. The Balaban J connectivity index is 2.56. The van der Waals surface area contributed by atoms with Gasteiger partial charge in [-0.3, -0.25) is 4.98 Å². The van der Waals surface area contributed by atoms with Gasteiger partial charge >= 0.3 is 0 Å². The SMILES string of the molecule is CCNC(Cc1cncc(Br)c1)CC(C)COC. The minimum Gasteiger partial charge on any atom is -0.384 e. The molecule has 1 heterocycles. The van der Waals surface area contributed by atoms with Crippen LogP contribution < -0.4 is 5.32 Å². The Morgan fingerprint density at radius 1 is 1.44 bits per heavy atom. The molecule has 3 nitrogen and oxygen atoms in total. The first-order valence-electron chi connectivity index (χ1n) is 6.47. The van der Waals surface area contributed by atoms with Gasteiger partial charge in [-0.2, -0.15) is 0 Å². The number of nitrogens with one attached hydrogen (secondary N) is 1. The number of rotatable bonds is 8. The number of hydrogen-bond donors (Lipinski definition) is 1. The standard InChI is InChI=1S/C14H23BrN2O/c1-4-17-14(5-11(2)10-18-3)7-12-6-13(15)9-16-8-12/h6,8-9,11,14,17H,4-5,7,10H2,1-3H3. The molecule has 0 aliphatic rings. The van der Waals surface area contributed by atoms with Gasteiger partial charge in [-0.15, -0.1) is 0 Å². The highest BCUT2D eigenvalue weighted by molar-refractivity contribution is 9.10. The van der Waals surface area contributed by atoms with E-state index in [2.05, 4.69) is 46.1 Å². The number of ether oxygens (including phenoxy) is 1. The molecule has 102 valence electrons. The van der Waals surface area contributed by atoms with Gasteiger partial charge in [0.1, 0.15) is 0 Å². The van der Waals surface area contributed by atoms with E-state index in [4.69, 9.17) is 4.74 Å². The monoisotopic (exact) mass is 314 g/mol. The minimum absolute atomic E-state index is 0.483. The summed E-state index contributed by atoms with van der Waals surface area (Å²) in [5.74, 6) is 0.569. The lowest BCUT2D eigenvalue weighted by molar-refractivity contribution is 0.149. The van der Waals surface area contributed by atoms with E-state index in [1.165, 1.54) is 5.56 Å². The fraction of sp³-hybridized carbons (Fsp3) is 0.643. The molecule has 0 amide bonds. The van der Waals surface area contributed by atoms with E-state index in [0.29, 0.717) is 12.0 Å². The van der Waals surface area contributed by atoms with Gasteiger partial charge in [0.05, 0.1) is 0 Å². The number of likely N-dealkylation sites (N-methyl/N-ethyl adjacent to an activating group) is 1. The van der Waals surface area contributed by atoms with Crippen molar-refractivity contribution in [2.75, 3.05) is 20.3 Å². The molecular formula is C14H23BrN2O. The third-order valence-electron chi connectivity index (χ3n) is 2.87. The molecule has 4 heteroatoms. The molecule has 0 aliphatic carbocycles. The highest BCUT2D eigenvalue weighted by atomic mass is 79.9. The van der Waals surface area contributed by atoms with Gasteiger partial charge in [0.25, 0.3) is 0 Å². The largest absolute Gasteiger partial charge is 0.384 e. The summed E-state index contributed by atoms with van der Waals surface area (Å²) in [7, 11) is 1.76. The van der Waals surface area contributed by atoms with Gasteiger partial charge in [-0.25, -0.2) is 0 Å². The molecule has 0 saturated carbocycles. The van der Waals surface area contributed by atoms with Crippen molar-refractivity contribution in [2.24, 2.45) is 5.92 Å². The van der Waals surface area contributed by atoms with Crippen LogP contribution in [0.15, 0.2) is 22.9 Å². The first-order valence-corrected chi connectivity index (χ1v) is 7.26.